The van der Waals surface area contributed by atoms with E-state index in [9.17, 15) is 4.79 Å². The Morgan fingerprint density at radius 1 is 1.42 bits per heavy atom. The lowest BCUT2D eigenvalue weighted by molar-refractivity contribution is -0.122. The molecule has 0 aromatic rings. The fraction of sp³-hybridized carbons (Fsp3) is 0.909. The molecule has 2 fully saturated rings. The highest BCUT2D eigenvalue weighted by atomic mass is 16.1. The molecule has 1 heteroatoms. The number of carbonyl (C=O) groups excluding carboxylic acids is 1. The van der Waals surface area contributed by atoms with Crippen LogP contribution < -0.4 is 0 Å². The van der Waals surface area contributed by atoms with Crippen molar-refractivity contribution in [1.29, 1.82) is 0 Å². The number of Topliss-reactive ketones (excluding diaryl/α,β-unsaturated/α-hetero) is 1. The maximum Gasteiger partial charge on any atom is 0.137 e. The van der Waals surface area contributed by atoms with Gasteiger partial charge >= 0.3 is 0 Å². The summed E-state index contributed by atoms with van der Waals surface area (Å²) in [5.41, 5.74) is 0.748. The lowest BCUT2D eigenvalue weighted by Gasteiger charge is -2.16. The van der Waals surface area contributed by atoms with Crippen LogP contribution in [0.2, 0.25) is 0 Å². The Hall–Kier alpha value is -0.330. The van der Waals surface area contributed by atoms with Crippen molar-refractivity contribution in [3.8, 4) is 0 Å². The Labute approximate surface area is 74.5 Å². The van der Waals surface area contributed by atoms with Gasteiger partial charge in [-0.15, -0.1) is 0 Å². The first kappa shape index (κ1) is 8.28. The Balaban J connectivity index is 1.86. The number of ketones is 1. The molecule has 2 aliphatic rings. The molecular formula is C11H18O. The van der Waals surface area contributed by atoms with Gasteiger partial charge in [-0.05, 0) is 30.1 Å². The summed E-state index contributed by atoms with van der Waals surface area (Å²) in [4.78, 5) is 11.7. The highest BCUT2D eigenvalue weighted by Gasteiger charge is 2.65. The second-order valence-corrected chi connectivity index (χ2v) is 5.82. The molecule has 68 valence electrons. The van der Waals surface area contributed by atoms with Crippen molar-refractivity contribution < 1.29 is 4.79 Å². The van der Waals surface area contributed by atoms with Crippen molar-refractivity contribution in [2.24, 2.45) is 16.7 Å². The summed E-state index contributed by atoms with van der Waals surface area (Å²) >= 11 is 0. The number of hydrogen-bond donors (Lipinski definition) is 0. The molecule has 1 spiro atoms. The monoisotopic (exact) mass is 166 g/mol. The van der Waals surface area contributed by atoms with Crippen molar-refractivity contribution in [2.75, 3.05) is 0 Å². The van der Waals surface area contributed by atoms with Crippen LogP contribution in [0.3, 0.4) is 0 Å². The standard InChI is InChI=1S/C11H18O/c1-10(2,3)7-9(12)8-6-11(8)4-5-11/h8H,4-7H2,1-3H3. The highest BCUT2D eigenvalue weighted by Crippen LogP contribution is 2.71. The van der Waals surface area contributed by atoms with Gasteiger partial charge in [-0.2, -0.15) is 0 Å². The molecule has 1 unspecified atom stereocenters. The third-order valence-electron chi connectivity index (χ3n) is 3.18. The zero-order valence-corrected chi connectivity index (χ0v) is 8.31. The zero-order valence-electron chi connectivity index (χ0n) is 8.31. The SMILES string of the molecule is CC(C)(C)CC(=O)C1CC12CC2. The van der Waals surface area contributed by atoms with E-state index >= 15 is 0 Å². The predicted octanol–water partition coefficient (Wildman–Crippen LogP) is 2.79. The Morgan fingerprint density at radius 2 is 2.00 bits per heavy atom. The molecule has 0 heterocycles. The molecule has 0 aromatic heterocycles. The zero-order chi connectivity index (χ0) is 8.98. The largest absolute Gasteiger partial charge is 0.299 e. The molecule has 0 amide bonds. The van der Waals surface area contributed by atoms with Crippen LogP contribution in [-0.2, 0) is 4.79 Å². The predicted molar refractivity (Wildman–Crippen MR) is 48.9 cm³/mol. The summed E-state index contributed by atoms with van der Waals surface area (Å²) in [6, 6.07) is 0. The number of hydrogen-bond acceptors (Lipinski definition) is 1. The van der Waals surface area contributed by atoms with Gasteiger partial charge in [0, 0.05) is 12.3 Å². The first-order chi connectivity index (χ1) is 5.43. The minimum Gasteiger partial charge on any atom is -0.299 e. The fourth-order valence-electron chi connectivity index (χ4n) is 2.16. The maximum atomic E-state index is 11.7. The van der Waals surface area contributed by atoms with Gasteiger partial charge in [0.1, 0.15) is 5.78 Å². The Morgan fingerprint density at radius 3 is 2.33 bits per heavy atom. The summed E-state index contributed by atoms with van der Waals surface area (Å²) in [7, 11) is 0. The second-order valence-electron chi connectivity index (χ2n) is 5.82. The van der Waals surface area contributed by atoms with Gasteiger partial charge in [-0.1, -0.05) is 20.8 Å². The van der Waals surface area contributed by atoms with Crippen molar-refractivity contribution in [3.05, 3.63) is 0 Å². The van der Waals surface area contributed by atoms with Crippen LogP contribution in [0.15, 0.2) is 0 Å². The average molecular weight is 166 g/mol. The van der Waals surface area contributed by atoms with E-state index in [0.29, 0.717) is 17.1 Å². The van der Waals surface area contributed by atoms with E-state index in [1.165, 1.54) is 19.3 Å². The van der Waals surface area contributed by atoms with Crippen LogP contribution in [0, 0.1) is 16.7 Å². The molecule has 0 saturated heterocycles. The van der Waals surface area contributed by atoms with Crippen molar-refractivity contribution in [3.63, 3.8) is 0 Å². The third-order valence-corrected chi connectivity index (χ3v) is 3.18. The smallest absolute Gasteiger partial charge is 0.137 e. The molecule has 0 N–H and O–H groups in total. The van der Waals surface area contributed by atoms with E-state index < -0.39 is 0 Å². The molecule has 0 aliphatic heterocycles. The topological polar surface area (TPSA) is 17.1 Å². The summed E-state index contributed by atoms with van der Waals surface area (Å²) in [5, 5.41) is 0. The molecule has 2 saturated carbocycles. The van der Waals surface area contributed by atoms with E-state index in [0.717, 1.165) is 6.42 Å². The van der Waals surface area contributed by atoms with E-state index in [4.69, 9.17) is 0 Å². The van der Waals surface area contributed by atoms with E-state index in [1.807, 2.05) is 0 Å². The molecule has 1 atom stereocenters. The van der Waals surface area contributed by atoms with Crippen molar-refractivity contribution >= 4 is 5.78 Å². The van der Waals surface area contributed by atoms with Crippen LogP contribution in [-0.4, -0.2) is 5.78 Å². The van der Waals surface area contributed by atoms with Crippen molar-refractivity contribution in [2.45, 2.75) is 46.5 Å². The van der Waals surface area contributed by atoms with Gasteiger partial charge in [0.05, 0.1) is 0 Å². The molecule has 12 heavy (non-hydrogen) atoms. The fourth-order valence-corrected chi connectivity index (χ4v) is 2.16. The van der Waals surface area contributed by atoms with Gasteiger partial charge in [-0.3, -0.25) is 4.79 Å². The molecule has 0 aromatic carbocycles. The summed E-state index contributed by atoms with van der Waals surface area (Å²) in [6.07, 6.45) is 4.64. The van der Waals surface area contributed by atoms with Gasteiger partial charge in [0.25, 0.3) is 0 Å². The summed E-state index contributed by atoms with van der Waals surface area (Å²) in [6.45, 7) is 6.44. The molecule has 2 rings (SSSR count). The third kappa shape index (κ3) is 1.41. The lowest BCUT2D eigenvalue weighted by atomic mass is 9.88. The summed E-state index contributed by atoms with van der Waals surface area (Å²) in [5.74, 6) is 0.997. The Kier molecular flexibility index (Phi) is 1.47. The van der Waals surface area contributed by atoms with Crippen LogP contribution in [0.5, 0.6) is 0 Å². The molecular weight excluding hydrogens is 148 g/mol. The molecule has 1 nitrogen and oxygen atoms in total. The van der Waals surface area contributed by atoms with Crippen LogP contribution >= 0.6 is 0 Å². The average Bonchev–Trinajstić information content (AvgIpc) is 2.70. The van der Waals surface area contributed by atoms with E-state index in [2.05, 4.69) is 20.8 Å². The first-order valence-corrected chi connectivity index (χ1v) is 4.96. The summed E-state index contributed by atoms with van der Waals surface area (Å²) < 4.78 is 0. The quantitative estimate of drug-likeness (QED) is 0.616. The molecule has 0 radical (unpaired) electrons. The maximum absolute atomic E-state index is 11.7. The van der Waals surface area contributed by atoms with Crippen LogP contribution in [0.25, 0.3) is 0 Å². The van der Waals surface area contributed by atoms with Crippen molar-refractivity contribution in [1.82, 2.24) is 0 Å². The molecule has 2 aliphatic carbocycles. The minimum absolute atomic E-state index is 0.190. The van der Waals surface area contributed by atoms with E-state index in [-0.39, 0.29) is 5.41 Å². The highest BCUT2D eigenvalue weighted by molar-refractivity contribution is 5.85. The number of rotatable bonds is 2. The van der Waals surface area contributed by atoms with E-state index in [1.54, 1.807) is 0 Å². The van der Waals surface area contributed by atoms with Crippen LogP contribution in [0.1, 0.15) is 46.5 Å². The van der Waals surface area contributed by atoms with Gasteiger partial charge in [-0.25, -0.2) is 0 Å². The first-order valence-electron chi connectivity index (χ1n) is 4.96. The Bertz CT molecular complexity index is 218. The second kappa shape index (κ2) is 2.12. The van der Waals surface area contributed by atoms with Gasteiger partial charge in [0.15, 0.2) is 0 Å². The van der Waals surface area contributed by atoms with Crippen LogP contribution in [0.4, 0.5) is 0 Å². The molecule has 0 bridgehead atoms. The minimum atomic E-state index is 0.190. The van der Waals surface area contributed by atoms with Gasteiger partial charge in [0.2, 0.25) is 0 Å². The number of carbonyl (C=O) groups is 1. The lowest BCUT2D eigenvalue weighted by Crippen LogP contribution is -2.14. The van der Waals surface area contributed by atoms with Gasteiger partial charge < -0.3 is 0 Å². The normalized spacial score (nSPS) is 30.4.